The van der Waals surface area contributed by atoms with Gasteiger partial charge < -0.3 is 15.4 Å². The molecule has 2 aliphatic rings. The highest BCUT2D eigenvalue weighted by Gasteiger charge is 2.33. The van der Waals surface area contributed by atoms with E-state index >= 15 is 0 Å². The molecule has 1 amide bonds. The molecule has 0 radical (unpaired) electrons. The van der Waals surface area contributed by atoms with E-state index in [0.717, 1.165) is 64.2 Å². The van der Waals surface area contributed by atoms with Gasteiger partial charge in [0, 0.05) is 26.2 Å². The van der Waals surface area contributed by atoms with Crippen molar-refractivity contribution in [1.29, 1.82) is 0 Å². The predicted octanol–water partition coefficient (Wildman–Crippen LogP) is 1.67. The van der Waals surface area contributed by atoms with Gasteiger partial charge in [0.15, 0.2) is 0 Å². The van der Waals surface area contributed by atoms with Gasteiger partial charge in [-0.15, -0.1) is 0 Å². The average Bonchev–Trinajstić information content (AvgIpc) is 2.62. The first kappa shape index (κ1) is 17.4. The summed E-state index contributed by atoms with van der Waals surface area (Å²) in [5.74, 6) is 0.111. The van der Waals surface area contributed by atoms with Gasteiger partial charge in [-0.3, -0.25) is 9.69 Å². The molecule has 1 aromatic carbocycles. The van der Waals surface area contributed by atoms with Gasteiger partial charge in [0.2, 0.25) is 5.91 Å². The van der Waals surface area contributed by atoms with E-state index in [9.17, 15) is 4.79 Å². The zero-order valence-electron chi connectivity index (χ0n) is 14.6. The van der Waals surface area contributed by atoms with Crippen molar-refractivity contribution < 1.29 is 9.53 Å². The lowest BCUT2D eigenvalue weighted by Crippen LogP contribution is -2.56. The quantitative estimate of drug-likeness (QED) is 0.862. The molecule has 1 aromatic rings. The molecule has 1 unspecified atom stereocenters. The Morgan fingerprint density at radius 1 is 1.21 bits per heavy atom. The van der Waals surface area contributed by atoms with E-state index in [1.165, 1.54) is 5.56 Å². The molecule has 2 saturated heterocycles. The summed E-state index contributed by atoms with van der Waals surface area (Å²) >= 11 is 0. The summed E-state index contributed by atoms with van der Waals surface area (Å²) in [5, 5.41) is 6.44. The summed E-state index contributed by atoms with van der Waals surface area (Å²) in [6, 6.07) is 8.56. The van der Waals surface area contributed by atoms with Crippen LogP contribution in [0.4, 0.5) is 0 Å². The smallest absolute Gasteiger partial charge is 0.240 e. The van der Waals surface area contributed by atoms with Gasteiger partial charge in [-0.05, 0) is 43.9 Å². The Morgan fingerprint density at radius 3 is 2.58 bits per heavy atom. The maximum atomic E-state index is 12.4. The van der Waals surface area contributed by atoms with Crippen LogP contribution in [0.2, 0.25) is 0 Å². The van der Waals surface area contributed by atoms with Crippen LogP contribution in [-0.2, 0) is 22.6 Å². The molecule has 2 N–H and O–H groups in total. The molecular weight excluding hydrogens is 302 g/mol. The van der Waals surface area contributed by atoms with Crippen molar-refractivity contribution in [3.05, 3.63) is 35.4 Å². The number of carbonyl (C=O) groups excluding carboxylic acids is 1. The maximum absolute atomic E-state index is 12.4. The zero-order valence-corrected chi connectivity index (χ0v) is 14.6. The minimum Gasteiger partial charge on any atom is -0.379 e. The molecule has 2 fully saturated rings. The van der Waals surface area contributed by atoms with Crippen molar-refractivity contribution in [2.45, 2.75) is 44.8 Å². The van der Waals surface area contributed by atoms with E-state index in [1.54, 1.807) is 0 Å². The lowest BCUT2D eigenvalue weighted by molar-refractivity contribution is -0.128. The maximum Gasteiger partial charge on any atom is 0.240 e. The molecule has 0 aliphatic carbocycles. The number of benzene rings is 1. The number of hydrogen-bond acceptors (Lipinski definition) is 4. The minimum absolute atomic E-state index is 0.111. The Balaban J connectivity index is 1.48. The summed E-state index contributed by atoms with van der Waals surface area (Å²) in [7, 11) is 0. The Hall–Kier alpha value is -1.43. The fourth-order valence-corrected chi connectivity index (χ4v) is 3.41. The Labute approximate surface area is 144 Å². The van der Waals surface area contributed by atoms with Gasteiger partial charge in [-0.2, -0.15) is 0 Å². The second-order valence-electron chi connectivity index (χ2n) is 7.10. The van der Waals surface area contributed by atoms with Crippen molar-refractivity contribution in [3.8, 4) is 0 Å². The van der Waals surface area contributed by atoms with Crippen molar-refractivity contribution in [3.63, 3.8) is 0 Å². The molecular formula is C19H29N3O2. The van der Waals surface area contributed by atoms with Crippen molar-refractivity contribution in [2.24, 2.45) is 0 Å². The second kappa shape index (κ2) is 8.10. The topological polar surface area (TPSA) is 53.6 Å². The lowest BCUT2D eigenvalue weighted by atomic mass is 9.90. The number of morpholine rings is 1. The van der Waals surface area contributed by atoms with E-state index in [0.29, 0.717) is 6.54 Å². The molecule has 5 heteroatoms. The van der Waals surface area contributed by atoms with Crippen LogP contribution < -0.4 is 10.6 Å². The molecule has 24 heavy (non-hydrogen) atoms. The third-order valence-corrected chi connectivity index (χ3v) is 5.11. The van der Waals surface area contributed by atoms with Crippen LogP contribution in [0, 0.1) is 0 Å². The van der Waals surface area contributed by atoms with Gasteiger partial charge in [0.25, 0.3) is 0 Å². The molecule has 0 bridgehead atoms. The van der Waals surface area contributed by atoms with Gasteiger partial charge in [0.05, 0.1) is 18.8 Å². The largest absolute Gasteiger partial charge is 0.379 e. The number of nitrogens with one attached hydrogen (secondary N) is 2. The summed E-state index contributed by atoms with van der Waals surface area (Å²) in [6.07, 6.45) is 3.19. The molecule has 0 aromatic heterocycles. The van der Waals surface area contributed by atoms with Crippen LogP contribution in [0.15, 0.2) is 24.3 Å². The van der Waals surface area contributed by atoms with Crippen LogP contribution in [-0.4, -0.2) is 49.2 Å². The Bertz CT molecular complexity index is 532. The second-order valence-corrected chi connectivity index (χ2v) is 7.10. The fourth-order valence-electron chi connectivity index (χ4n) is 3.41. The number of hydrogen-bond donors (Lipinski definition) is 2. The lowest BCUT2D eigenvalue weighted by Gasteiger charge is -2.33. The van der Waals surface area contributed by atoms with Crippen molar-refractivity contribution in [2.75, 3.05) is 32.8 Å². The molecule has 1 atom stereocenters. The van der Waals surface area contributed by atoms with Gasteiger partial charge in [-0.25, -0.2) is 0 Å². The number of ether oxygens (including phenoxy) is 1. The van der Waals surface area contributed by atoms with Crippen LogP contribution in [0.3, 0.4) is 0 Å². The van der Waals surface area contributed by atoms with E-state index in [4.69, 9.17) is 4.74 Å². The third kappa shape index (κ3) is 4.56. The zero-order chi connectivity index (χ0) is 16.8. The van der Waals surface area contributed by atoms with Gasteiger partial charge in [-0.1, -0.05) is 24.3 Å². The average molecular weight is 331 g/mol. The van der Waals surface area contributed by atoms with E-state index in [2.05, 4.69) is 39.8 Å². The molecule has 132 valence electrons. The molecule has 5 nitrogen and oxygen atoms in total. The summed E-state index contributed by atoms with van der Waals surface area (Å²) < 4.78 is 5.38. The van der Waals surface area contributed by atoms with E-state index in [1.807, 2.05) is 6.92 Å². The van der Waals surface area contributed by atoms with E-state index < -0.39 is 5.54 Å². The number of amides is 1. The van der Waals surface area contributed by atoms with Gasteiger partial charge >= 0.3 is 0 Å². The summed E-state index contributed by atoms with van der Waals surface area (Å²) in [5.41, 5.74) is 2.05. The molecule has 2 heterocycles. The van der Waals surface area contributed by atoms with Crippen molar-refractivity contribution in [1.82, 2.24) is 15.5 Å². The SMILES string of the molecule is CC1(C(=O)NCc2ccc(CN3CCOCC3)cc2)CCCCN1. The molecule has 3 rings (SSSR count). The highest BCUT2D eigenvalue weighted by atomic mass is 16.5. The predicted molar refractivity (Wildman–Crippen MR) is 94.6 cm³/mol. The van der Waals surface area contributed by atoms with Crippen LogP contribution in [0.25, 0.3) is 0 Å². The number of piperidine rings is 1. The molecule has 2 aliphatic heterocycles. The number of nitrogens with zero attached hydrogens (tertiary/aromatic N) is 1. The molecule has 0 saturated carbocycles. The standard InChI is InChI=1S/C19H29N3O2/c1-19(8-2-3-9-21-19)18(23)20-14-16-4-6-17(7-5-16)15-22-10-12-24-13-11-22/h4-7,21H,2-3,8-15H2,1H3,(H,20,23). The normalized spacial score (nSPS) is 25.4. The van der Waals surface area contributed by atoms with Gasteiger partial charge in [0.1, 0.15) is 0 Å². The first-order valence-electron chi connectivity index (χ1n) is 9.07. The highest BCUT2D eigenvalue weighted by Crippen LogP contribution is 2.19. The van der Waals surface area contributed by atoms with Crippen LogP contribution >= 0.6 is 0 Å². The highest BCUT2D eigenvalue weighted by molar-refractivity contribution is 5.85. The fraction of sp³-hybridized carbons (Fsp3) is 0.632. The van der Waals surface area contributed by atoms with Crippen molar-refractivity contribution >= 4 is 5.91 Å². The monoisotopic (exact) mass is 331 g/mol. The van der Waals surface area contributed by atoms with E-state index in [-0.39, 0.29) is 5.91 Å². The first-order valence-corrected chi connectivity index (χ1v) is 9.07. The Kier molecular flexibility index (Phi) is 5.87. The minimum atomic E-state index is -0.408. The van der Waals surface area contributed by atoms with Crippen LogP contribution in [0.5, 0.6) is 0 Å². The Morgan fingerprint density at radius 2 is 1.92 bits per heavy atom. The first-order chi connectivity index (χ1) is 11.7. The van der Waals surface area contributed by atoms with Crippen LogP contribution in [0.1, 0.15) is 37.3 Å². The summed E-state index contributed by atoms with van der Waals surface area (Å²) in [6.45, 7) is 8.17. The third-order valence-electron chi connectivity index (χ3n) is 5.11. The molecule has 0 spiro atoms. The number of rotatable bonds is 5. The number of carbonyl (C=O) groups is 1. The summed E-state index contributed by atoms with van der Waals surface area (Å²) in [4.78, 5) is 14.8.